The lowest BCUT2D eigenvalue weighted by atomic mass is 9.93. The number of aromatic nitrogens is 1. The highest BCUT2D eigenvalue weighted by atomic mass is 79.9. The number of methoxy groups -OCH3 is 2. The number of hydrogen-bond donors (Lipinski definition) is 1. The van der Waals surface area contributed by atoms with Crippen LogP contribution in [0.5, 0.6) is 5.75 Å². The summed E-state index contributed by atoms with van der Waals surface area (Å²) >= 11 is 3.63. The first kappa shape index (κ1) is 18.6. The van der Waals surface area contributed by atoms with Gasteiger partial charge in [-0.1, -0.05) is 52.3 Å². The summed E-state index contributed by atoms with van der Waals surface area (Å²) < 4.78 is 11.9. The number of ether oxygens (including phenoxy) is 2. The molecule has 3 aromatic rings. The summed E-state index contributed by atoms with van der Waals surface area (Å²) in [4.78, 5) is 4.43. The maximum absolute atomic E-state index is 11.0. The number of rotatable bonds is 6. The van der Waals surface area contributed by atoms with Crippen molar-refractivity contribution < 1.29 is 14.6 Å². The van der Waals surface area contributed by atoms with Gasteiger partial charge in [-0.15, -0.1) is 0 Å². The van der Waals surface area contributed by atoms with Crippen molar-refractivity contribution in [2.45, 2.75) is 12.7 Å². The third-order valence-electron chi connectivity index (χ3n) is 4.19. The van der Waals surface area contributed by atoms with Crippen LogP contribution in [0.3, 0.4) is 0 Å². The van der Waals surface area contributed by atoms with E-state index in [4.69, 9.17) is 9.47 Å². The largest absolute Gasteiger partial charge is 0.496 e. The van der Waals surface area contributed by atoms with Crippen LogP contribution in [0, 0.1) is 0 Å². The van der Waals surface area contributed by atoms with Gasteiger partial charge in [0.1, 0.15) is 11.9 Å². The minimum Gasteiger partial charge on any atom is -0.496 e. The van der Waals surface area contributed by atoms with Gasteiger partial charge in [-0.25, -0.2) is 0 Å². The first-order chi connectivity index (χ1) is 12.7. The van der Waals surface area contributed by atoms with Gasteiger partial charge in [0.2, 0.25) is 0 Å². The predicted molar refractivity (Wildman–Crippen MR) is 105 cm³/mol. The zero-order valence-electron chi connectivity index (χ0n) is 14.6. The molecule has 0 aliphatic carbocycles. The van der Waals surface area contributed by atoms with Gasteiger partial charge in [-0.05, 0) is 23.8 Å². The third-order valence-corrected chi connectivity index (χ3v) is 4.85. The second kappa shape index (κ2) is 8.45. The number of halogens is 1. The van der Waals surface area contributed by atoms with Crippen molar-refractivity contribution in [1.29, 1.82) is 0 Å². The van der Waals surface area contributed by atoms with Crippen LogP contribution in [0.4, 0.5) is 0 Å². The monoisotopic (exact) mass is 413 g/mol. The van der Waals surface area contributed by atoms with Crippen LogP contribution in [0.1, 0.15) is 22.8 Å². The third kappa shape index (κ3) is 3.65. The Labute approximate surface area is 161 Å². The molecular formula is C21H20BrNO3. The average Bonchev–Trinajstić information content (AvgIpc) is 2.69. The Balaban J connectivity index is 2.22. The highest BCUT2D eigenvalue weighted by Gasteiger charge is 2.24. The number of aliphatic hydroxyl groups excluding tert-OH is 1. The number of aliphatic hydroxyl groups is 1. The first-order valence-electron chi connectivity index (χ1n) is 8.20. The Bertz CT molecular complexity index is 869. The van der Waals surface area contributed by atoms with Gasteiger partial charge in [-0.3, -0.25) is 4.98 Å². The normalized spacial score (nSPS) is 12.0. The standard InChI is InChI=1S/C21H20BrNO3/c1-25-13-16-19(20(24)14-8-4-3-5-9-14)17(22)12-15(21(16)26-2)18-10-6-7-11-23-18/h3-12,20,24H,13H2,1-2H3. The first-order valence-corrected chi connectivity index (χ1v) is 8.99. The molecule has 1 atom stereocenters. The van der Waals surface area contributed by atoms with Crippen molar-refractivity contribution in [3.05, 3.63) is 82.0 Å². The summed E-state index contributed by atoms with van der Waals surface area (Å²) in [6.07, 6.45) is 0.938. The fraction of sp³-hybridized carbons (Fsp3) is 0.190. The number of pyridine rings is 1. The van der Waals surface area contributed by atoms with Crippen molar-refractivity contribution in [2.75, 3.05) is 14.2 Å². The van der Waals surface area contributed by atoms with Crippen molar-refractivity contribution >= 4 is 15.9 Å². The SMILES string of the molecule is COCc1c(OC)c(-c2ccccn2)cc(Br)c1C(O)c1ccccc1. The molecule has 3 rings (SSSR count). The van der Waals surface area contributed by atoms with Gasteiger partial charge in [0.15, 0.2) is 0 Å². The molecule has 0 aliphatic heterocycles. The smallest absolute Gasteiger partial charge is 0.134 e. The molecule has 0 radical (unpaired) electrons. The fourth-order valence-corrected chi connectivity index (χ4v) is 3.71. The molecule has 2 aromatic carbocycles. The molecule has 134 valence electrons. The van der Waals surface area contributed by atoms with Crippen LogP contribution < -0.4 is 4.74 Å². The van der Waals surface area contributed by atoms with E-state index in [-0.39, 0.29) is 0 Å². The minimum atomic E-state index is -0.803. The van der Waals surface area contributed by atoms with E-state index in [0.717, 1.165) is 32.4 Å². The average molecular weight is 414 g/mol. The molecule has 26 heavy (non-hydrogen) atoms. The number of hydrogen-bond acceptors (Lipinski definition) is 4. The van der Waals surface area contributed by atoms with Crippen LogP contribution in [-0.4, -0.2) is 24.3 Å². The molecule has 1 N–H and O–H groups in total. The summed E-state index contributed by atoms with van der Waals surface area (Å²) in [7, 11) is 3.24. The zero-order chi connectivity index (χ0) is 18.5. The van der Waals surface area contributed by atoms with Crippen LogP contribution >= 0.6 is 15.9 Å². The predicted octanol–water partition coefficient (Wildman–Crippen LogP) is 4.75. The summed E-state index contributed by atoms with van der Waals surface area (Å²) in [5.41, 5.74) is 3.97. The van der Waals surface area contributed by atoms with Gasteiger partial charge in [0.05, 0.1) is 19.4 Å². The molecule has 0 amide bonds. The molecule has 0 bridgehead atoms. The molecule has 1 unspecified atom stereocenters. The van der Waals surface area contributed by atoms with Crippen LogP contribution in [-0.2, 0) is 11.3 Å². The van der Waals surface area contributed by atoms with Gasteiger partial charge in [0.25, 0.3) is 0 Å². The lowest BCUT2D eigenvalue weighted by Crippen LogP contribution is -2.09. The molecule has 0 spiro atoms. The highest BCUT2D eigenvalue weighted by molar-refractivity contribution is 9.10. The minimum absolute atomic E-state index is 0.307. The van der Waals surface area contributed by atoms with E-state index < -0.39 is 6.10 Å². The second-order valence-corrected chi connectivity index (χ2v) is 6.65. The lowest BCUT2D eigenvalue weighted by molar-refractivity contribution is 0.172. The van der Waals surface area contributed by atoms with Gasteiger partial charge < -0.3 is 14.6 Å². The maximum atomic E-state index is 11.0. The number of nitrogens with zero attached hydrogens (tertiary/aromatic N) is 1. The topological polar surface area (TPSA) is 51.6 Å². The second-order valence-electron chi connectivity index (χ2n) is 5.79. The van der Waals surface area contributed by atoms with E-state index >= 15 is 0 Å². The van der Waals surface area contributed by atoms with Gasteiger partial charge in [-0.2, -0.15) is 0 Å². The zero-order valence-corrected chi connectivity index (χ0v) is 16.2. The fourth-order valence-electron chi connectivity index (χ4n) is 3.03. The van der Waals surface area contributed by atoms with Gasteiger partial charge in [0, 0.05) is 34.5 Å². The van der Waals surface area contributed by atoms with E-state index in [1.807, 2.05) is 54.6 Å². The van der Waals surface area contributed by atoms with Crippen molar-refractivity contribution in [3.8, 4) is 17.0 Å². The van der Waals surface area contributed by atoms with Crippen LogP contribution in [0.25, 0.3) is 11.3 Å². The molecule has 4 nitrogen and oxygen atoms in total. The van der Waals surface area contributed by atoms with Gasteiger partial charge >= 0.3 is 0 Å². The Morgan fingerprint density at radius 2 is 1.81 bits per heavy atom. The molecule has 0 aliphatic rings. The quantitative estimate of drug-likeness (QED) is 0.633. The van der Waals surface area contributed by atoms with E-state index in [2.05, 4.69) is 20.9 Å². The summed E-state index contributed by atoms with van der Waals surface area (Å²) in [5, 5.41) is 11.0. The summed E-state index contributed by atoms with van der Waals surface area (Å²) in [6, 6.07) is 17.2. The van der Waals surface area contributed by atoms with Crippen molar-refractivity contribution in [1.82, 2.24) is 4.98 Å². The molecule has 0 saturated heterocycles. The molecular weight excluding hydrogens is 394 g/mol. The summed E-state index contributed by atoms with van der Waals surface area (Å²) in [5.74, 6) is 0.652. The van der Waals surface area contributed by atoms with E-state index in [1.54, 1.807) is 20.4 Å². The lowest BCUT2D eigenvalue weighted by Gasteiger charge is -2.22. The van der Waals surface area contributed by atoms with Crippen LogP contribution in [0.15, 0.2) is 65.3 Å². The molecule has 1 heterocycles. The Hall–Kier alpha value is -2.21. The Kier molecular flexibility index (Phi) is 6.04. The van der Waals surface area contributed by atoms with E-state index in [1.165, 1.54) is 0 Å². The van der Waals surface area contributed by atoms with E-state index in [0.29, 0.717) is 12.4 Å². The molecule has 1 aromatic heterocycles. The Morgan fingerprint density at radius 3 is 2.42 bits per heavy atom. The molecule has 5 heteroatoms. The van der Waals surface area contributed by atoms with E-state index in [9.17, 15) is 5.11 Å². The van der Waals surface area contributed by atoms with Crippen molar-refractivity contribution in [2.24, 2.45) is 0 Å². The molecule has 0 saturated carbocycles. The number of benzene rings is 2. The Morgan fingerprint density at radius 1 is 1.08 bits per heavy atom. The maximum Gasteiger partial charge on any atom is 0.134 e. The highest BCUT2D eigenvalue weighted by Crippen LogP contribution is 2.42. The van der Waals surface area contributed by atoms with Crippen LogP contribution in [0.2, 0.25) is 0 Å². The molecule has 0 fully saturated rings. The summed E-state index contributed by atoms with van der Waals surface area (Å²) in [6.45, 7) is 0.307. The van der Waals surface area contributed by atoms with Crippen molar-refractivity contribution in [3.63, 3.8) is 0 Å².